The van der Waals surface area contributed by atoms with Gasteiger partial charge in [-0.05, 0) is 49.4 Å². The van der Waals surface area contributed by atoms with Gasteiger partial charge in [0.1, 0.15) is 5.82 Å². The van der Waals surface area contributed by atoms with E-state index in [2.05, 4.69) is 54.5 Å². The Morgan fingerprint density at radius 1 is 1.29 bits per heavy atom. The quantitative estimate of drug-likeness (QED) is 0.787. The van der Waals surface area contributed by atoms with Crippen molar-refractivity contribution in [1.82, 2.24) is 10.3 Å². The molecule has 0 unspecified atom stereocenters. The Morgan fingerprint density at radius 2 is 2.10 bits per heavy atom. The van der Waals surface area contributed by atoms with Gasteiger partial charge in [-0.25, -0.2) is 4.98 Å². The Balaban J connectivity index is 1.89. The second-order valence-corrected chi connectivity index (χ2v) is 6.16. The third-order valence-electron chi connectivity index (χ3n) is 4.15. The second kappa shape index (κ2) is 6.44. The molecule has 0 bridgehead atoms. The zero-order valence-electron chi connectivity index (χ0n) is 13.1. The number of hydrogen-bond donors (Lipinski definition) is 1. The molecule has 0 saturated heterocycles. The van der Waals surface area contributed by atoms with Crippen LogP contribution in [0.25, 0.3) is 10.9 Å². The van der Waals surface area contributed by atoms with Gasteiger partial charge >= 0.3 is 0 Å². The van der Waals surface area contributed by atoms with Crippen molar-refractivity contribution in [3.8, 4) is 0 Å². The molecule has 1 saturated carbocycles. The average Bonchev–Trinajstić information content (AvgIpc) is 3.31. The fourth-order valence-corrected chi connectivity index (χ4v) is 2.75. The summed E-state index contributed by atoms with van der Waals surface area (Å²) < 4.78 is 0. The molecule has 3 nitrogen and oxygen atoms in total. The van der Waals surface area contributed by atoms with Crippen LogP contribution in [0, 0.1) is 5.92 Å². The number of anilines is 1. The van der Waals surface area contributed by atoms with Gasteiger partial charge in [0.25, 0.3) is 0 Å². The third kappa shape index (κ3) is 3.53. The van der Waals surface area contributed by atoms with E-state index in [0.717, 1.165) is 43.3 Å². The molecule has 0 amide bonds. The lowest BCUT2D eigenvalue weighted by molar-refractivity contribution is 0.677. The first-order chi connectivity index (χ1) is 10.3. The monoisotopic (exact) mass is 283 g/mol. The number of rotatable bonds is 7. The summed E-state index contributed by atoms with van der Waals surface area (Å²) in [5, 5.41) is 4.78. The van der Waals surface area contributed by atoms with Gasteiger partial charge in [-0.1, -0.05) is 25.1 Å². The Kier molecular flexibility index (Phi) is 4.39. The van der Waals surface area contributed by atoms with Crippen molar-refractivity contribution < 1.29 is 0 Å². The van der Waals surface area contributed by atoms with E-state index in [9.17, 15) is 0 Å². The first-order valence-electron chi connectivity index (χ1n) is 8.08. The van der Waals surface area contributed by atoms with Crippen molar-refractivity contribution in [3.05, 3.63) is 35.9 Å². The SMILES string of the molecule is CCCNCc1cc(N(C)CC2CC2)nc2ccccc12. The summed E-state index contributed by atoms with van der Waals surface area (Å²) in [5.41, 5.74) is 2.46. The van der Waals surface area contributed by atoms with Crippen LogP contribution in [0.15, 0.2) is 30.3 Å². The molecule has 0 atom stereocenters. The smallest absolute Gasteiger partial charge is 0.129 e. The standard InChI is InChI=1S/C18H25N3/c1-3-10-19-12-15-11-18(21(2)13-14-8-9-14)20-17-7-5-4-6-16(15)17/h4-7,11,14,19H,3,8-10,12-13H2,1-2H3. The highest BCUT2D eigenvalue weighted by atomic mass is 15.2. The normalized spacial score (nSPS) is 14.6. The van der Waals surface area contributed by atoms with Crippen molar-refractivity contribution in [3.63, 3.8) is 0 Å². The summed E-state index contributed by atoms with van der Waals surface area (Å²) >= 11 is 0. The van der Waals surface area contributed by atoms with Gasteiger partial charge in [0.05, 0.1) is 5.52 Å². The van der Waals surface area contributed by atoms with Gasteiger partial charge in [-0.3, -0.25) is 0 Å². The molecule has 1 aromatic heterocycles. The zero-order valence-corrected chi connectivity index (χ0v) is 13.1. The predicted molar refractivity (Wildman–Crippen MR) is 89.7 cm³/mol. The van der Waals surface area contributed by atoms with E-state index in [4.69, 9.17) is 4.98 Å². The molecule has 1 fully saturated rings. The fourth-order valence-electron chi connectivity index (χ4n) is 2.75. The molecule has 112 valence electrons. The molecule has 3 heteroatoms. The molecular formula is C18H25N3. The van der Waals surface area contributed by atoms with Crippen molar-refractivity contribution in [2.24, 2.45) is 5.92 Å². The van der Waals surface area contributed by atoms with Crippen LogP contribution in [0.3, 0.4) is 0 Å². The number of benzene rings is 1. The van der Waals surface area contributed by atoms with Crippen molar-refractivity contribution >= 4 is 16.7 Å². The van der Waals surface area contributed by atoms with E-state index in [1.165, 1.54) is 23.8 Å². The average molecular weight is 283 g/mol. The van der Waals surface area contributed by atoms with E-state index >= 15 is 0 Å². The zero-order chi connectivity index (χ0) is 14.7. The predicted octanol–water partition coefficient (Wildman–Crippen LogP) is 3.58. The second-order valence-electron chi connectivity index (χ2n) is 6.16. The minimum atomic E-state index is 0.880. The molecule has 21 heavy (non-hydrogen) atoms. The highest BCUT2D eigenvalue weighted by molar-refractivity contribution is 5.84. The van der Waals surface area contributed by atoms with Crippen LogP contribution < -0.4 is 10.2 Å². The van der Waals surface area contributed by atoms with E-state index in [1.807, 2.05) is 0 Å². The van der Waals surface area contributed by atoms with Gasteiger partial charge in [0.2, 0.25) is 0 Å². The molecular weight excluding hydrogens is 258 g/mol. The Labute approximate surface area is 127 Å². The topological polar surface area (TPSA) is 28.2 Å². The van der Waals surface area contributed by atoms with E-state index in [-0.39, 0.29) is 0 Å². The van der Waals surface area contributed by atoms with Gasteiger partial charge in [0.15, 0.2) is 0 Å². The summed E-state index contributed by atoms with van der Waals surface area (Å²) in [5.74, 6) is 1.99. The van der Waals surface area contributed by atoms with Crippen LogP contribution >= 0.6 is 0 Å². The summed E-state index contributed by atoms with van der Waals surface area (Å²) in [6.45, 7) is 5.31. The van der Waals surface area contributed by atoms with E-state index in [1.54, 1.807) is 0 Å². The Bertz CT molecular complexity index is 604. The number of para-hydroxylation sites is 1. The van der Waals surface area contributed by atoms with Crippen LogP contribution in [0.2, 0.25) is 0 Å². The molecule has 0 aliphatic heterocycles. The molecule has 1 aromatic carbocycles. The van der Waals surface area contributed by atoms with Crippen LogP contribution in [-0.4, -0.2) is 25.1 Å². The van der Waals surface area contributed by atoms with E-state index < -0.39 is 0 Å². The van der Waals surface area contributed by atoms with Crippen molar-refractivity contribution in [1.29, 1.82) is 0 Å². The molecule has 0 spiro atoms. The minimum absolute atomic E-state index is 0.880. The fraction of sp³-hybridized carbons (Fsp3) is 0.500. The largest absolute Gasteiger partial charge is 0.359 e. The highest BCUT2D eigenvalue weighted by Gasteiger charge is 2.23. The van der Waals surface area contributed by atoms with Crippen LogP contribution in [-0.2, 0) is 6.54 Å². The lowest BCUT2D eigenvalue weighted by Gasteiger charge is -2.20. The third-order valence-corrected chi connectivity index (χ3v) is 4.15. The van der Waals surface area contributed by atoms with Crippen LogP contribution in [0.1, 0.15) is 31.7 Å². The maximum atomic E-state index is 4.84. The summed E-state index contributed by atoms with van der Waals surface area (Å²) in [4.78, 5) is 7.16. The van der Waals surface area contributed by atoms with Crippen molar-refractivity contribution in [2.45, 2.75) is 32.7 Å². The lowest BCUT2D eigenvalue weighted by Crippen LogP contribution is -2.22. The van der Waals surface area contributed by atoms with Crippen LogP contribution in [0.5, 0.6) is 0 Å². The molecule has 1 heterocycles. The van der Waals surface area contributed by atoms with E-state index in [0.29, 0.717) is 0 Å². The minimum Gasteiger partial charge on any atom is -0.359 e. The summed E-state index contributed by atoms with van der Waals surface area (Å²) in [6.07, 6.45) is 3.92. The maximum Gasteiger partial charge on any atom is 0.129 e. The Hall–Kier alpha value is -1.61. The van der Waals surface area contributed by atoms with Crippen molar-refractivity contribution in [2.75, 3.05) is 25.0 Å². The van der Waals surface area contributed by atoms with Gasteiger partial charge in [-0.2, -0.15) is 0 Å². The highest BCUT2D eigenvalue weighted by Crippen LogP contribution is 2.31. The van der Waals surface area contributed by atoms with Gasteiger partial charge in [0, 0.05) is 25.5 Å². The maximum absolute atomic E-state index is 4.84. The number of pyridine rings is 1. The first kappa shape index (κ1) is 14.3. The first-order valence-corrected chi connectivity index (χ1v) is 8.08. The number of fused-ring (bicyclic) bond motifs is 1. The summed E-state index contributed by atoms with van der Waals surface area (Å²) in [7, 11) is 2.17. The van der Waals surface area contributed by atoms with Gasteiger partial charge in [-0.15, -0.1) is 0 Å². The molecule has 1 aliphatic carbocycles. The number of nitrogens with one attached hydrogen (secondary N) is 1. The molecule has 1 N–H and O–H groups in total. The number of nitrogens with zero attached hydrogens (tertiary/aromatic N) is 2. The number of aromatic nitrogens is 1. The lowest BCUT2D eigenvalue weighted by atomic mass is 10.1. The Morgan fingerprint density at radius 3 is 2.86 bits per heavy atom. The van der Waals surface area contributed by atoms with Gasteiger partial charge < -0.3 is 10.2 Å². The molecule has 2 aromatic rings. The molecule has 3 rings (SSSR count). The van der Waals surface area contributed by atoms with Crippen LogP contribution in [0.4, 0.5) is 5.82 Å². The summed E-state index contributed by atoms with van der Waals surface area (Å²) in [6, 6.07) is 10.7. The molecule has 1 aliphatic rings. The number of hydrogen-bond acceptors (Lipinski definition) is 3. The molecule has 0 radical (unpaired) electrons.